The van der Waals surface area contributed by atoms with E-state index >= 15 is 0 Å². The Kier molecular flexibility index (Phi) is 6.43. The quantitative estimate of drug-likeness (QED) is 0.518. The van der Waals surface area contributed by atoms with Crippen molar-refractivity contribution in [1.82, 2.24) is 4.90 Å². The Morgan fingerprint density at radius 1 is 1.09 bits per heavy atom. The fraction of sp³-hybridized carbons (Fsp3) is 0.192. The van der Waals surface area contributed by atoms with Crippen LogP contribution in [0.25, 0.3) is 17.4 Å². The van der Waals surface area contributed by atoms with Crippen LogP contribution in [0.4, 0.5) is 11.4 Å². The molecule has 0 aliphatic carbocycles. The van der Waals surface area contributed by atoms with Crippen LogP contribution in [0.1, 0.15) is 16.1 Å². The van der Waals surface area contributed by atoms with Gasteiger partial charge in [0.1, 0.15) is 11.5 Å². The van der Waals surface area contributed by atoms with Crippen molar-refractivity contribution in [2.75, 3.05) is 38.3 Å². The largest absolute Gasteiger partial charge is 0.478 e. The second-order valence-electron chi connectivity index (χ2n) is 8.07. The maximum Gasteiger partial charge on any atom is 0.335 e. The number of carboxylic acids is 1. The van der Waals surface area contributed by atoms with E-state index in [0.29, 0.717) is 27.2 Å². The van der Waals surface area contributed by atoms with Crippen molar-refractivity contribution in [3.05, 3.63) is 76.9 Å². The van der Waals surface area contributed by atoms with Gasteiger partial charge in [-0.15, -0.1) is 0 Å². The summed E-state index contributed by atoms with van der Waals surface area (Å²) in [6, 6.07) is 18.0. The van der Waals surface area contributed by atoms with Gasteiger partial charge in [0, 0.05) is 37.5 Å². The van der Waals surface area contributed by atoms with Crippen LogP contribution in [-0.4, -0.2) is 60.4 Å². The van der Waals surface area contributed by atoms with Gasteiger partial charge in [-0.2, -0.15) is 0 Å². The van der Waals surface area contributed by atoms with E-state index in [-0.39, 0.29) is 11.5 Å². The van der Waals surface area contributed by atoms with Crippen LogP contribution in [0, 0.1) is 0 Å². The second kappa shape index (κ2) is 9.81. The molecule has 0 atom stereocenters. The zero-order valence-electron chi connectivity index (χ0n) is 19.0. The number of likely N-dealkylation sites (N-methyl/N-ethyl adjacent to an activating group) is 1. The van der Waals surface area contributed by atoms with Gasteiger partial charge in [0.25, 0.3) is 5.91 Å². The van der Waals surface area contributed by atoms with Gasteiger partial charge in [-0.25, -0.2) is 9.79 Å². The molecule has 1 amide bonds. The van der Waals surface area contributed by atoms with Crippen molar-refractivity contribution in [2.24, 2.45) is 4.99 Å². The third-order valence-electron chi connectivity index (χ3n) is 5.75. The lowest BCUT2D eigenvalue weighted by molar-refractivity contribution is -0.121. The van der Waals surface area contributed by atoms with Crippen molar-refractivity contribution in [1.29, 1.82) is 0 Å². The average Bonchev–Trinajstić information content (AvgIpc) is 3.46. The number of anilines is 1. The summed E-state index contributed by atoms with van der Waals surface area (Å²) >= 11 is 1.28. The molecule has 0 unspecified atom stereocenters. The highest BCUT2D eigenvalue weighted by Crippen LogP contribution is 2.34. The first kappa shape index (κ1) is 22.9. The van der Waals surface area contributed by atoms with Gasteiger partial charge in [0.05, 0.1) is 29.4 Å². The molecular weight excluding hydrogens is 466 g/mol. The summed E-state index contributed by atoms with van der Waals surface area (Å²) in [6.45, 7) is 3.20. The van der Waals surface area contributed by atoms with Gasteiger partial charge < -0.3 is 19.2 Å². The van der Waals surface area contributed by atoms with Crippen molar-refractivity contribution in [2.45, 2.75) is 0 Å². The van der Waals surface area contributed by atoms with Crippen LogP contribution in [0.5, 0.6) is 0 Å². The number of carbonyl (C=O) groups is 2. The number of amides is 1. The number of carboxylic acid groups (broad SMARTS) is 1. The van der Waals surface area contributed by atoms with Gasteiger partial charge in [-0.3, -0.25) is 9.69 Å². The third-order valence-corrected chi connectivity index (χ3v) is 6.81. The minimum atomic E-state index is -1.00. The van der Waals surface area contributed by atoms with E-state index < -0.39 is 5.97 Å². The van der Waals surface area contributed by atoms with E-state index in [1.54, 1.807) is 43.5 Å². The van der Waals surface area contributed by atoms with Crippen LogP contribution in [0.15, 0.2) is 75.0 Å². The van der Waals surface area contributed by atoms with Crippen molar-refractivity contribution < 1.29 is 23.8 Å². The van der Waals surface area contributed by atoms with Crippen molar-refractivity contribution >= 4 is 46.3 Å². The van der Waals surface area contributed by atoms with Crippen molar-refractivity contribution in [3.63, 3.8) is 0 Å². The molecule has 2 fully saturated rings. The number of aromatic carboxylic acids is 1. The topological polar surface area (TPSA) is 95.6 Å². The van der Waals surface area contributed by atoms with E-state index in [1.807, 2.05) is 24.3 Å². The Balaban J connectivity index is 1.32. The Labute approximate surface area is 206 Å². The fourth-order valence-electron chi connectivity index (χ4n) is 3.84. The molecule has 5 rings (SSSR count). The molecular formula is C26H23N3O5S. The summed E-state index contributed by atoms with van der Waals surface area (Å²) in [4.78, 5) is 33.0. The highest BCUT2D eigenvalue weighted by Gasteiger charge is 2.30. The molecule has 0 bridgehead atoms. The molecule has 1 N–H and O–H groups in total. The van der Waals surface area contributed by atoms with Gasteiger partial charge >= 0.3 is 5.97 Å². The lowest BCUT2D eigenvalue weighted by Crippen LogP contribution is -2.36. The number of furan rings is 1. The predicted octanol–water partition coefficient (Wildman–Crippen LogP) is 4.72. The number of benzene rings is 2. The zero-order chi connectivity index (χ0) is 24.4. The lowest BCUT2D eigenvalue weighted by atomic mass is 10.1. The van der Waals surface area contributed by atoms with Crippen molar-refractivity contribution in [3.8, 4) is 11.3 Å². The zero-order valence-corrected chi connectivity index (χ0v) is 19.8. The normalized spacial score (nSPS) is 18.6. The smallest absolute Gasteiger partial charge is 0.335 e. The van der Waals surface area contributed by atoms with Gasteiger partial charge in [0.2, 0.25) is 0 Å². The van der Waals surface area contributed by atoms with Crippen LogP contribution < -0.4 is 4.90 Å². The van der Waals surface area contributed by atoms with E-state index in [0.717, 1.165) is 37.7 Å². The van der Waals surface area contributed by atoms with E-state index in [4.69, 9.17) is 9.15 Å². The molecule has 35 heavy (non-hydrogen) atoms. The second-order valence-corrected chi connectivity index (χ2v) is 9.08. The maximum absolute atomic E-state index is 12.8. The summed E-state index contributed by atoms with van der Waals surface area (Å²) in [5, 5.41) is 9.79. The average molecular weight is 490 g/mol. The minimum Gasteiger partial charge on any atom is -0.478 e. The molecule has 3 aromatic rings. The Morgan fingerprint density at radius 2 is 1.86 bits per heavy atom. The highest BCUT2D eigenvalue weighted by molar-refractivity contribution is 8.18. The number of hydrogen-bond donors (Lipinski definition) is 1. The number of carbonyl (C=O) groups excluding carboxylic acids is 1. The number of hydrogen-bond acceptors (Lipinski definition) is 7. The number of nitrogens with zero attached hydrogens (tertiary/aromatic N) is 3. The summed E-state index contributed by atoms with van der Waals surface area (Å²) in [5.41, 5.74) is 2.73. The Morgan fingerprint density at radius 3 is 2.60 bits per heavy atom. The Bertz CT molecular complexity index is 1320. The van der Waals surface area contributed by atoms with Crippen LogP contribution >= 0.6 is 11.8 Å². The number of thioether (sulfide) groups is 1. The summed E-state index contributed by atoms with van der Waals surface area (Å²) in [7, 11) is 1.70. The number of rotatable bonds is 5. The fourth-order valence-corrected chi connectivity index (χ4v) is 4.81. The van der Waals surface area contributed by atoms with E-state index in [9.17, 15) is 14.7 Å². The first-order chi connectivity index (χ1) is 17.0. The molecule has 2 aliphatic rings. The molecule has 9 heteroatoms. The van der Waals surface area contributed by atoms with Crippen LogP contribution in [0.3, 0.4) is 0 Å². The SMILES string of the molecule is CN1C(=O)/C(=C\c2ccc(-c3cccc(C(=O)O)c3)o2)SC1=Nc1ccc(N2CCOCC2)cc1. The molecule has 0 spiro atoms. The summed E-state index contributed by atoms with van der Waals surface area (Å²) < 4.78 is 11.3. The van der Waals surface area contributed by atoms with Gasteiger partial charge in [-0.1, -0.05) is 12.1 Å². The number of aliphatic imine (C=N–C) groups is 1. The third kappa shape index (κ3) is 5.01. The number of amidine groups is 1. The predicted molar refractivity (Wildman–Crippen MR) is 136 cm³/mol. The number of ether oxygens (including phenoxy) is 1. The van der Waals surface area contributed by atoms with E-state index in [2.05, 4.69) is 9.89 Å². The molecule has 1 aromatic heterocycles. The summed E-state index contributed by atoms with van der Waals surface area (Å²) in [5.74, 6) is -0.136. The molecule has 0 saturated carbocycles. The lowest BCUT2D eigenvalue weighted by Gasteiger charge is -2.28. The minimum absolute atomic E-state index is 0.162. The van der Waals surface area contributed by atoms with E-state index in [1.165, 1.54) is 22.7 Å². The first-order valence-corrected chi connectivity index (χ1v) is 11.9. The molecule has 0 radical (unpaired) electrons. The standard InChI is InChI=1S/C26H23N3O5S/c1-28-24(30)23(16-21-9-10-22(34-21)17-3-2-4-18(15-17)25(31)32)35-26(28)27-19-5-7-20(8-6-19)29-11-13-33-14-12-29/h2-10,15-16H,11-14H2,1H3,(H,31,32)/b23-16+,27-26?. The molecule has 2 aromatic carbocycles. The van der Waals surface area contributed by atoms with Gasteiger partial charge in [0.15, 0.2) is 5.17 Å². The van der Waals surface area contributed by atoms with Crippen LogP contribution in [-0.2, 0) is 9.53 Å². The summed E-state index contributed by atoms with van der Waals surface area (Å²) in [6.07, 6.45) is 1.68. The van der Waals surface area contributed by atoms with Crippen LogP contribution in [0.2, 0.25) is 0 Å². The molecule has 2 saturated heterocycles. The van der Waals surface area contributed by atoms with Gasteiger partial charge in [-0.05, 0) is 60.3 Å². The first-order valence-electron chi connectivity index (χ1n) is 11.1. The Hall–Kier alpha value is -3.82. The maximum atomic E-state index is 12.8. The highest BCUT2D eigenvalue weighted by atomic mass is 32.2. The molecule has 3 heterocycles. The molecule has 2 aliphatic heterocycles. The number of morpholine rings is 1. The monoisotopic (exact) mass is 489 g/mol. The molecule has 8 nitrogen and oxygen atoms in total. The molecule has 178 valence electrons.